The van der Waals surface area contributed by atoms with Gasteiger partial charge in [-0.25, -0.2) is 0 Å². The molecule has 0 bridgehead atoms. The van der Waals surface area contributed by atoms with Crippen LogP contribution in [0, 0.1) is 11.3 Å². The van der Waals surface area contributed by atoms with E-state index < -0.39 is 0 Å². The van der Waals surface area contributed by atoms with Crippen molar-refractivity contribution < 1.29 is 9.53 Å². The molecule has 0 unspecified atom stereocenters. The van der Waals surface area contributed by atoms with Crippen molar-refractivity contribution in [1.82, 2.24) is 4.90 Å². The van der Waals surface area contributed by atoms with Crippen molar-refractivity contribution >= 4 is 11.5 Å². The van der Waals surface area contributed by atoms with Crippen LogP contribution in [0.1, 0.15) is 33.3 Å². The highest BCUT2D eigenvalue weighted by atomic mass is 16.5. The zero-order chi connectivity index (χ0) is 16.0. The standard InChI is InChI=1S/C17H22N2O2/c1-12(2)19(13(3)4)17(20)16(10-11-18)14-6-8-15(21-5)9-7-14/h6-10,12-13H,1-5H3/b16-10+. The molecule has 0 aliphatic heterocycles. The molecule has 0 aliphatic rings. The van der Waals surface area contributed by atoms with E-state index >= 15 is 0 Å². The molecule has 0 spiro atoms. The molecule has 21 heavy (non-hydrogen) atoms. The van der Waals surface area contributed by atoms with Gasteiger partial charge < -0.3 is 9.64 Å². The van der Waals surface area contributed by atoms with E-state index in [2.05, 4.69) is 0 Å². The molecule has 0 heterocycles. The molecule has 0 aromatic heterocycles. The number of hydrogen-bond donors (Lipinski definition) is 0. The van der Waals surface area contributed by atoms with Crippen molar-refractivity contribution in [2.75, 3.05) is 7.11 Å². The van der Waals surface area contributed by atoms with Gasteiger partial charge in [-0.05, 0) is 45.4 Å². The van der Waals surface area contributed by atoms with E-state index in [1.54, 1.807) is 36.3 Å². The molecule has 1 aromatic carbocycles. The van der Waals surface area contributed by atoms with Crippen molar-refractivity contribution in [3.05, 3.63) is 35.9 Å². The number of allylic oxidation sites excluding steroid dienone is 1. The van der Waals surface area contributed by atoms with Crippen LogP contribution in [-0.4, -0.2) is 30.0 Å². The van der Waals surface area contributed by atoms with Crippen LogP contribution >= 0.6 is 0 Å². The normalized spacial score (nSPS) is 11.4. The lowest BCUT2D eigenvalue weighted by atomic mass is 10.0. The minimum Gasteiger partial charge on any atom is -0.497 e. The summed E-state index contributed by atoms with van der Waals surface area (Å²) in [6.07, 6.45) is 1.31. The summed E-state index contributed by atoms with van der Waals surface area (Å²) in [6.45, 7) is 7.87. The predicted octanol–water partition coefficient (Wildman–Crippen LogP) is 3.25. The van der Waals surface area contributed by atoms with E-state index in [1.165, 1.54) is 6.08 Å². The quantitative estimate of drug-likeness (QED) is 0.616. The highest BCUT2D eigenvalue weighted by Gasteiger charge is 2.24. The third-order valence-electron chi connectivity index (χ3n) is 3.19. The number of methoxy groups -OCH3 is 1. The van der Waals surface area contributed by atoms with Gasteiger partial charge in [-0.3, -0.25) is 4.79 Å². The van der Waals surface area contributed by atoms with Gasteiger partial charge in [0.25, 0.3) is 5.91 Å². The van der Waals surface area contributed by atoms with Crippen LogP contribution in [0.3, 0.4) is 0 Å². The number of ether oxygens (including phenoxy) is 1. The molecular weight excluding hydrogens is 264 g/mol. The fourth-order valence-electron chi connectivity index (χ4n) is 2.31. The van der Waals surface area contributed by atoms with Gasteiger partial charge in [0.1, 0.15) is 5.75 Å². The lowest BCUT2D eigenvalue weighted by molar-refractivity contribution is -0.128. The molecule has 0 radical (unpaired) electrons. The first-order valence-corrected chi connectivity index (χ1v) is 6.99. The summed E-state index contributed by atoms with van der Waals surface area (Å²) >= 11 is 0. The van der Waals surface area contributed by atoms with Crippen molar-refractivity contribution in [3.63, 3.8) is 0 Å². The van der Waals surface area contributed by atoms with Crippen LogP contribution in [0.15, 0.2) is 30.3 Å². The smallest absolute Gasteiger partial charge is 0.255 e. The molecule has 0 fully saturated rings. The Kier molecular flexibility index (Phi) is 5.98. The van der Waals surface area contributed by atoms with E-state index in [9.17, 15) is 4.79 Å². The molecular formula is C17H22N2O2. The first-order valence-electron chi connectivity index (χ1n) is 6.99. The molecule has 0 aliphatic carbocycles. The molecule has 0 saturated carbocycles. The predicted molar refractivity (Wildman–Crippen MR) is 83.7 cm³/mol. The fraction of sp³-hybridized carbons (Fsp3) is 0.412. The van der Waals surface area contributed by atoms with Crippen LogP contribution in [-0.2, 0) is 4.79 Å². The number of rotatable bonds is 5. The van der Waals surface area contributed by atoms with Crippen LogP contribution < -0.4 is 4.74 Å². The lowest BCUT2D eigenvalue weighted by Crippen LogP contribution is -2.42. The second-order valence-corrected chi connectivity index (χ2v) is 5.32. The largest absolute Gasteiger partial charge is 0.497 e. The molecule has 0 N–H and O–H groups in total. The average Bonchev–Trinajstić information content (AvgIpc) is 2.44. The van der Waals surface area contributed by atoms with Gasteiger partial charge in [0.2, 0.25) is 0 Å². The van der Waals surface area contributed by atoms with Crippen LogP contribution in [0.5, 0.6) is 5.75 Å². The SMILES string of the molecule is COc1ccc(/C(=C\C#N)C(=O)N(C(C)C)C(C)C)cc1. The third-order valence-corrected chi connectivity index (χ3v) is 3.19. The zero-order valence-corrected chi connectivity index (χ0v) is 13.3. The van der Waals surface area contributed by atoms with Crippen LogP contribution in [0.4, 0.5) is 0 Å². The Bertz CT molecular complexity index is 543. The molecule has 1 rings (SSSR count). The minimum atomic E-state index is -0.133. The maximum Gasteiger partial charge on any atom is 0.255 e. The first-order chi connectivity index (χ1) is 9.92. The lowest BCUT2D eigenvalue weighted by Gasteiger charge is -2.31. The molecule has 1 aromatic rings. The molecule has 0 atom stereocenters. The number of nitrogens with zero attached hydrogens (tertiary/aromatic N) is 2. The number of hydrogen-bond acceptors (Lipinski definition) is 3. The Morgan fingerprint density at radius 1 is 1.19 bits per heavy atom. The second kappa shape index (κ2) is 7.49. The summed E-state index contributed by atoms with van der Waals surface area (Å²) in [5.41, 5.74) is 1.12. The van der Waals surface area contributed by atoms with E-state index in [1.807, 2.05) is 33.8 Å². The van der Waals surface area contributed by atoms with E-state index in [-0.39, 0.29) is 18.0 Å². The summed E-state index contributed by atoms with van der Waals surface area (Å²) in [6, 6.07) is 9.24. The topological polar surface area (TPSA) is 53.3 Å². The number of nitriles is 1. The molecule has 112 valence electrons. The molecule has 4 nitrogen and oxygen atoms in total. The maximum atomic E-state index is 12.7. The van der Waals surface area contributed by atoms with Gasteiger partial charge in [0.05, 0.1) is 18.8 Å². The number of carbonyl (C=O) groups is 1. The monoisotopic (exact) mass is 286 g/mol. The fourth-order valence-corrected chi connectivity index (χ4v) is 2.31. The Morgan fingerprint density at radius 2 is 1.71 bits per heavy atom. The number of amides is 1. The van der Waals surface area contributed by atoms with E-state index in [0.717, 1.165) is 0 Å². The zero-order valence-electron chi connectivity index (χ0n) is 13.3. The Balaban J connectivity index is 3.20. The Labute approximate surface area is 126 Å². The second-order valence-electron chi connectivity index (χ2n) is 5.32. The van der Waals surface area contributed by atoms with Crippen molar-refractivity contribution in [1.29, 1.82) is 5.26 Å². The van der Waals surface area contributed by atoms with Crippen LogP contribution in [0.25, 0.3) is 5.57 Å². The molecule has 1 amide bonds. The molecule has 4 heteroatoms. The van der Waals surface area contributed by atoms with Crippen molar-refractivity contribution in [2.45, 2.75) is 39.8 Å². The summed E-state index contributed by atoms with van der Waals surface area (Å²) < 4.78 is 5.11. The van der Waals surface area contributed by atoms with Gasteiger partial charge in [0, 0.05) is 18.2 Å². The summed E-state index contributed by atoms with van der Waals surface area (Å²) in [7, 11) is 1.59. The highest BCUT2D eigenvalue weighted by molar-refractivity contribution is 6.20. The average molecular weight is 286 g/mol. The number of carbonyl (C=O) groups excluding carboxylic acids is 1. The van der Waals surface area contributed by atoms with Gasteiger partial charge in [-0.1, -0.05) is 12.1 Å². The Morgan fingerprint density at radius 3 is 2.10 bits per heavy atom. The van der Waals surface area contributed by atoms with Crippen LogP contribution in [0.2, 0.25) is 0 Å². The highest BCUT2D eigenvalue weighted by Crippen LogP contribution is 2.22. The van der Waals surface area contributed by atoms with E-state index in [0.29, 0.717) is 16.9 Å². The maximum absolute atomic E-state index is 12.7. The Hall–Kier alpha value is -2.28. The molecule has 0 saturated heterocycles. The van der Waals surface area contributed by atoms with E-state index in [4.69, 9.17) is 10.00 Å². The number of benzene rings is 1. The van der Waals surface area contributed by atoms with Gasteiger partial charge in [-0.15, -0.1) is 0 Å². The summed E-state index contributed by atoms with van der Waals surface area (Å²) in [5.74, 6) is 0.582. The van der Waals surface area contributed by atoms with Crippen molar-refractivity contribution in [2.24, 2.45) is 0 Å². The van der Waals surface area contributed by atoms with Gasteiger partial charge in [0.15, 0.2) is 0 Å². The first kappa shape index (κ1) is 16.8. The third kappa shape index (κ3) is 4.09. The van der Waals surface area contributed by atoms with Crippen molar-refractivity contribution in [3.8, 4) is 11.8 Å². The van der Waals surface area contributed by atoms with Gasteiger partial charge in [-0.2, -0.15) is 5.26 Å². The summed E-state index contributed by atoms with van der Waals surface area (Å²) in [5, 5.41) is 8.98. The summed E-state index contributed by atoms with van der Waals surface area (Å²) in [4.78, 5) is 14.5. The van der Waals surface area contributed by atoms with Gasteiger partial charge >= 0.3 is 0 Å². The minimum absolute atomic E-state index is 0.0674.